The second-order valence-corrected chi connectivity index (χ2v) is 5.74. The van der Waals surface area contributed by atoms with Crippen molar-refractivity contribution in [1.29, 1.82) is 0 Å². The molecule has 1 saturated heterocycles. The number of aromatic amines is 1. The van der Waals surface area contributed by atoms with Crippen LogP contribution in [0.1, 0.15) is 12.0 Å². The molecule has 1 atom stereocenters. The van der Waals surface area contributed by atoms with Gasteiger partial charge in [-0.3, -0.25) is 4.79 Å². The predicted octanol–water partition coefficient (Wildman–Crippen LogP) is 2.65. The van der Waals surface area contributed by atoms with E-state index < -0.39 is 0 Å². The molecule has 0 amide bonds. The van der Waals surface area contributed by atoms with Gasteiger partial charge in [0.2, 0.25) is 0 Å². The van der Waals surface area contributed by atoms with Crippen LogP contribution in [0.2, 0.25) is 0 Å². The summed E-state index contributed by atoms with van der Waals surface area (Å²) in [5.41, 5.74) is 2.36. The van der Waals surface area contributed by atoms with Crippen LogP contribution in [-0.2, 0) is 11.2 Å². The van der Waals surface area contributed by atoms with Crippen LogP contribution in [0.25, 0.3) is 10.9 Å². The summed E-state index contributed by atoms with van der Waals surface area (Å²) in [7, 11) is 0. The van der Waals surface area contributed by atoms with Gasteiger partial charge in [-0.25, -0.2) is 0 Å². The lowest BCUT2D eigenvalue weighted by molar-refractivity contribution is -0.123. The summed E-state index contributed by atoms with van der Waals surface area (Å²) in [4.78, 5) is 15.1. The molecule has 1 aliphatic rings. The fourth-order valence-corrected chi connectivity index (χ4v) is 2.95. The quantitative estimate of drug-likeness (QED) is 0.896. The summed E-state index contributed by atoms with van der Waals surface area (Å²) in [6.45, 7) is 1.64. The van der Waals surface area contributed by atoms with Gasteiger partial charge in [0.25, 0.3) is 0 Å². The molecule has 0 radical (unpaired) electrons. The number of Topliss-reactive ketones (excluding diaryl/α,β-unsaturated/α-hetero) is 1. The van der Waals surface area contributed by atoms with Gasteiger partial charge in [-0.1, -0.05) is 22.0 Å². The van der Waals surface area contributed by atoms with Gasteiger partial charge in [-0.15, -0.1) is 0 Å². The van der Waals surface area contributed by atoms with Crippen LogP contribution in [0.5, 0.6) is 0 Å². The number of rotatable bonds is 2. The molecule has 18 heavy (non-hydrogen) atoms. The van der Waals surface area contributed by atoms with E-state index in [1.807, 2.05) is 12.3 Å². The average molecular weight is 307 g/mol. The van der Waals surface area contributed by atoms with E-state index in [0.717, 1.165) is 29.5 Å². The van der Waals surface area contributed by atoms with Gasteiger partial charge in [0, 0.05) is 47.0 Å². The van der Waals surface area contributed by atoms with Gasteiger partial charge in [-0.2, -0.15) is 0 Å². The first-order valence-corrected chi connectivity index (χ1v) is 7.02. The van der Waals surface area contributed by atoms with E-state index in [2.05, 4.69) is 38.4 Å². The van der Waals surface area contributed by atoms with Gasteiger partial charge >= 0.3 is 0 Å². The van der Waals surface area contributed by atoms with Crippen LogP contribution >= 0.6 is 15.9 Å². The van der Waals surface area contributed by atoms with E-state index in [1.54, 1.807) is 0 Å². The van der Waals surface area contributed by atoms with Crippen molar-refractivity contribution in [3.63, 3.8) is 0 Å². The highest BCUT2D eigenvalue weighted by Crippen LogP contribution is 2.25. The maximum atomic E-state index is 11.9. The van der Waals surface area contributed by atoms with Crippen LogP contribution in [0.3, 0.4) is 0 Å². The van der Waals surface area contributed by atoms with Gasteiger partial charge < -0.3 is 10.3 Å². The normalized spacial score (nSPS) is 20.5. The minimum atomic E-state index is 0.126. The molecule has 0 saturated carbocycles. The maximum Gasteiger partial charge on any atom is 0.138 e. The fraction of sp³-hybridized carbons (Fsp3) is 0.357. The second-order valence-electron chi connectivity index (χ2n) is 4.83. The molecule has 2 aromatic rings. The smallest absolute Gasteiger partial charge is 0.138 e. The molecular weight excluding hydrogens is 292 g/mol. The number of carbonyl (C=O) groups excluding carboxylic acids is 1. The van der Waals surface area contributed by atoms with E-state index >= 15 is 0 Å². The van der Waals surface area contributed by atoms with Crippen LogP contribution in [0.15, 0.2) is 28.9 Å². The van der Waals surface area contributed by atoms with E-state index in [-0.39, 0.29) is 5.92 Å². The number of H-pyrrole nitrogens is 1. The third-order valence-corrected chi connectivity index (χ3v) is 4.08. The number of hydrogen-bond acceptors (Lipinski definition) is 2. The number of fused-ring (bicyclic) bond motifs is 1. The minimum absolute atomic E-state index is 0.126. The van der Waals surface area contributed by atoms with Crippen molar-refractivity contribution >= 4 is 32.6 Å². The number of ketones is 1. The first-order valence-electron chi connectivity index (χ1n) is 6.23. The number of piperidine rings is 1. The molecule has 4 heteroatoms. The Morgan fingerprint density at radius 3 is 3.11 bits per heavy atom. The number of hydrogen-bond donors (Lipinski definition) is 2. The lowest BCUT2D eigenvalue weighted by Crippen LogP contribution is -2.37. The minimum Gasteiger partial charge on any atom is -0.361 e. The molecule has 1 unspecified atom stereocenters. The van der Waals surface area contributed by atoms with E-state index in [4.69, 9.17) is 0 Å². The first kappa shape index (κ1) is 11.9. The van der Waals surface area contributed by atoms with Crippen LogP contribution < -0.4 is 5.32 Å². The standard InChI is InChI=1S/C14H15BrN2O/c15-11-1-2-12-9(8-17-13(12)6-11)5-10-7-16-4-3-14(10)18/h1-2,6,8,10,16-17H,3-5,7H2. The average Bonchev–Trinajstić information content (AvgIpc) is 2.74. The van der Waals surface area contributed by atoms with E-state index in [1.165, 1.54) is 10.9 Å². The Hall–Kier alpha value is -1.13. The summed E-state index contributed by atoms with van der Waals surface area (Å²) in [6.07, 6.45) is 3.52. The van der Waals surface area contributed by atoms with Gasteiger partial charge in [-0.05, 0) is 24.1 Å². The highest BCUT2D eigenvalue weighted by Gasteiger charge is 2.23. The first-order chi connectivity index (χ1) is 8.74. The van der Waals surface area contributed by atoms with Gasteiger partial charge in [0.15, 0.2) is 0 Å². The molecule has 1 aromatic heterocycles. The van der Waals surface area contributed by atoms with Crippen molar-refractivity contribution in [2.75, 3.05) is 13.1 Å². The molecule has 3 rings (SSSR count). The van der Waals surface area contributed by atoms with E-state index in [0.29, 0.717) is 12.2 Å². The third kappa shape index (κ3) is 2.22. The van der Waals surface area contributed by atoms with Crippen LogP contribution in [-0.4, -0.2) is 23.9 Å². The maximum absolute atomic E-state index is 11.9. The summed E-state index contributed by atoms with van der Waals surface area (Å²) in [5, 5.41) is 4.52. The lowest BCUT2D eigenvalue weighted by Gasteiger charge is -2.21. The number of benzene rings is 1. The summed E-state index contributed by atoms with van der Waals surface area (Å²) >= 11 is 3.47. The lowest BCUT2D eigenvalue weighted by atomic mass is 9.91. The zero-order valence-corrected chi connectivity index (χ0v) is 11.6. The molecular formula is C14H15BrN2O. The van der Waals surface area contributed by atoms with Gasteiger partial charge in [0.05, 0.1) is 0 Å². The van der Waals surface area contributed by atoms with Gasteiger partial charge in [0.1, 0.15) is 5.78 Å². The molecule has 3 nitrogen and oxygen atoms in total. The fourth-order valence-electron chi connectivity index (χ4n) is 2.58. The molecule has 1 aromatic carbocycles. The van der Waals surface area contributed by atoms with Crippen molar-refractivity contribution in [2.45, 2.75) is 12.8 Å². The molecule has 0 spiro atoms. The highest BCUT2D eigenvalue weighted by atomic mass is 79.9. The zero-order chi connectivity index (χ0) is 12.5. The molecule has 94 valence electrons. The monoisotopic (exact) mass is 306 g/mol. The molecule has 1 fully saturated rings. The number of halogens is 1. The Morgan fingerprint density at radius 1 is 1.39 bits per heavy atom. The van der Waals surface area contributed by atoms with Crippen molar-refractivity contribution in [3.05, 3.63) is 34.4 Å². The highest BCUT2D eigenvalue weighted by molar-refractivity contribution is 9.10. The Morgan fingerprint density at radius 2 is 2.28 bits per heavy atom. The predicted molar refractivity (Wildman–Crippen MR) is 75.7 cm³/mol. The number of nitrogens with one attached hydrogen (secondary N) is 2. The van der Waals surface area contributed by atoms with Crippen molar-refractivity contribution in [1.82, 2.24) is 10.3 Å². The Bertz CT molecular complexity index is 590. The largest absolute Gasteiger partial charge is 0.361 e. The Labute approximate surface area is 114 Å². The SMILES string of the molecule is O=C1CCNCC1Cc1c[nH]c2cc(Br)ccc12. The van der Waals surface area contributed by atoms with Crippen molar-refractivity contribution in [3.8, 4) is 0 Å². The van der Waals surface area contributed by atoms with Crippen molar-refractivity contribution < 1.29 is 4.79 Å². The van der Waals surface area contributed by atoms with Crippen molar-refractivity contribution in [2.24, 2.45) is 5.92 Å². The molecule has 2 heterocycles. The zero-order valence-electron chi connectivity index (χ0n) is 10.0. The second kappa shape index (κ2) is 4.86. The van der Waals surface area contributed by atoms with Crippen LogP contribution in [0.4, 0.5) is 0 Å². The Balaban J connectivity index is 1.88. The number of carbonyl (C=O) groups is 1. The Kier molecular flexibility index (Phi) is 3.22. The molecule has 0 aliphatic carbocycles. The molecule has 1 aliphatic heterocycles. The summed E-state index contributed by atoms with van der Waals surface area (Å²) < 4.78 is 1.07. The summed E-state index contributed by atoms with van der Waals surface area (Å²) in [5.74, 6) is 0.515. The number of aromatic nitrogens is 1. The van der Waals surface area contributed by atoms with Crippen LogP contribution in [0, 0.1) is 5.92 Å². The molecule has 0 bridgehead atoms. The molecule has 2 N–H and O–H groups in total. The third-order valence-electron chi connectivity index (χ3n) is 3.59. The topological polar surface area (TPSA) is 44.9 Å². The summed E-state index contributed by atoms with van der Waals surface area (Å²) in [6, 6.07) is 6.21. The van der Waals surface area contributed by atoms with E-state index in [9.17, 15) is 4.79 Å².